The Labute approximate surface area is 138 Å². The molecule has 0 amide bonds. The van der Waals surface area contributed by atoms with Gasteiger partial charge in [-0.15, -0.1) is 0 Å². The van der Waals surface area contributed by atoms with Crippen LogP contribution in [0.15, 0.2) is 73.3 Å². The van der Waals surface area contributed by atoms with Crippen LogP contribution < -0.4 is 0 Å². The molecule has 0 fully saturated rings. The van der Waals surface area contributed by atoms with Crippen LogP contribution >= 0.6 is 0 Å². The average molecular weight is 312 g/mol. The molecule has 4 aromatic heterocycles. The molecule has 0 aliphatic rings. The van der Waals surface area contributed by atoms with E-state index in [0.29, 0.717) is 28.9 Å². The van der Waals surface area contributed by atoms with Gasteiger partial charge in [-0.2, -0.15) is 0 Å². The molecule has 0 aliphatic heterocycles. The van der Waals surface area contributed by atoms with Gasteiger partial charge in [0.15, 0.2) is 17.5 Å². The van der Waals surface area contributed by atoms with E-state index in [9.17, 15) is 0 Å². The van der Waals surface area contributed by atoms with Crippen molar-refractivity contribution in [1.29, 1.82) is 0 Å². The maximum absolute atomic E-state index is 4.55. The molecule has 0 spiro atoms. The minimum Gasteiger partial charge on any atom is -0.264 e. The second-order valence-electron chi connectivity index (χ2n) is 4.98. The second kappa shape index (κ2) is 6.29. The van der Waals surface area contributed by atoms with Crippen LogP contribution in [0.4, 0.5) is 0 Å². The number of rotatable bonds is 3. The molecule has 0 aromatic carbocycles. The summed E-state index contributed by atoms with van der Waals surface area (Å²) in [6.45, 7) is 0. The fraction of sp³-hybridized carbons (Fsp3) is 0. The largest absolute Gasteiger partial charge is 0.264 e. The van der Waals surface area contributed by atoms with Gasteiger partial charge in [-0.05, 0) is 36.4 Å². The second-order valence-corrected chi connectivity index (χ2v) is 4.98. The van der Waals surface area contributed by atoms with E-state index in [0.717, 1.165) is 5.56 Å². The third-order valence-corrected chi connectivity index (χ3v) is 3.34. The van der Waals surface area contributed by atoms with Crippen LogP contribution in [0.1, 0.15) is 0 Å². The van der Waals surface area contributed by atoms with Gasteiger partial charge in [0.1, 0.15) is 11.4 Å². The highest BCUT2D eigenvalue weighted by molar-refractivity contribution is 5.62. The first-order valence-corrected chi connectivity index (χ1v) is 7.39. The molecule has 24 heavy (non-hydrogen) atoms. The average Bonchev–Trinajstić information content (AvgIpc) is 2.70. The Morgan fingerprint density at radius 3 is 1.67 bits per heavy atom. The smallest absolute Gasteiger partial charge is 0.182 e. The van der Waals surface area contributed by atoms with Gasteiger partial charge in [-0.3, -0.25) is 15.0 Å². The van der Waals surface area contributed by atoms with E-state index in [1.54, 1.807) is 24.8 Å². The van der Waals surface area contributed by atoms with Crippen LogP contribution in [0.2, 0.25) is 0 Å². The van der Waals surface area contributed by atoms with Crippen molar-refractivity contribution in [3.05, 3.63) is 73.3 Å². The summed E-state index contributed by atoms with van der Waals surface area (Å²) in [6.07, 6.45) is 6.86. The van der Waals surface area contributed by atoms with Gasteiger partial charge in [0.2, 0.25) is 0 Å². The molecule has 4 aromatic rings. The predicted octanol–water partition coefficient (Wildman–Crippen LogP) is 3.06. The summed E-state index contributed by atoms with van der Waals surface area (Å²) in [5.74, 6) is 1.55. The molecule has 0 saturated heterocycles. The van der Waals surface area contributed by atoms with E-state index in [4.69, 9.17) is 0 Å². The molecule has 0 aliphatic carbocycles. The maximum Gasteiger partial charge on any atom is 0.182 e. The SMILES string of the molecule is c1ccc(-c2nc(-c3cccnc3)nc(-c3ccccn3)n2)nc1. The van der Waals surface area contributed by atoms with Gasteiger partial charge in [0.25, 0.3) is 0 Å². The lowest BCUT2D eigenvalue weighted by Crippen LogP contribution is -2.01. The molecular weight excluding hydrogens is 300 g/mol. The lowest BCUT2D eigenvalue weighted by atomic mass is 10.2. The van der Waals surface area contributed by atoms with Crippen molar-refractivity contribution in [2.75, 3.05) is 0 Å². The molecule has 4 rings (SSSR count). The van der Waals surface area contributed by atoms with Crippen molar-refractivity contribution < 1.29 is 0 Å². The molecule has 0 radical (unpaired) electrons. The van der Waals surface area contributed by atoms with Crippen LogP contribution in [0.25, 0.3) is 34.4 Å². The summed E-state index contributed by atoms with van der Waals surface area (Å²) in [5.41, 5.74) is 2.18. The number of aromatic nitrogens is 6. The number of pyridine rings is 3. The number of nitrogens with zero attached hydrogens (tertiary/aromatic N) is 6. The molecule has 114 valence electrons. The molecule has 0 bridgehead atoms. The third-order valence-electron chi connectivity index (χ3n) is 3.34. The number of hydrogen-bond donors (Lipinski definition) is 0. The Kier molecular flexibility index (Phi) is 3.69. The topological polar surface area (TPSA) is 77.3 Å². The maximum atomic E-state index is 4.55. The van der Waals surface area contributed by atoms with Crippen LogP contribution in [0, 0.1) is 0 Å². The Morgan fingerprint density at radius 2 is 1.17 bits per heavy atom. The lowest BCUT2D eigenvalue weighted by Gasteiger charge is -2.06. The summed E-state index contributed by atoms with van der Waals surface area (Å²) >= 11 is 0. The van der Waals surface area contributed by atoms with Gasteiger partial charge in [0.05, 0.1) is 0 Å². The van der Waals surface area contributed by atoms with Gasteiger partial charge in [-0.25, -0.2) is 15.0 Å². The molecule has 0 saturated carbocycles. The van der Waals surface area contributed by atoms with E-state index in [1.165, 1.54) is 0 Å². The van der Waals surface area contributed by atoms with Crippen molar-refractivity contribution in [3.63, 3.8) is 0 Å². The van der Waals surface area contributed by atoms with Gasteiger partial charge < -0.3 is 0 Å². The zero-order chi connectivity index (χ0) is 16.2. The quantitative estimate of drug-likeness (QED) is 0.578. The highest BCUT2D eigenvalue weighted by Crippen LogP contribution is 2.21. The van der Waals surface area contributed by atoms with Crippen molar-refractivity contribution in [3.8, 4) is 34.4 Å². The minimum absolute atomic E-state index is 0.505. The summed E-state index contributed by atoms with van der Waals surface area (Å²) in [7, 11) is 0. The van der Waals surface area contributed by atoms with E-state index >= 15 is 0 Å². The molecule has 0 N–H and O–H groups in total. The Morgan fingerprint density at radius 1 is 0.542 bits per heavy atom. The number of hydrogen-bond acceptors (Lipinski definition) is 6. The fourth-order valence-corrected chi connectivity index (χ4v) is 2.22. The van der Waals surface area contributed by atoms with Crippen LogP contribution in [0.3, 0.4) is 0 Å². The van der Waals surface area contributed by atoms with Crippen molar-refractivity contribution in [1.82, 2.24) is 29.9 Å². The zero-order valence-electron chi connectivity index (χ0n) is 12.6. The van der Waals surface area contributed by atoms with Gasteiger partial charge >= 0.3 is 0 Å². The highest BCUT2D eigenvalue weighted by atomic mass is 15.1. The molecular formula is C18H12N6. The van der Waals surface area contributed by atoms with Crippen LogP contribution in [0.5, 0.6) is 0 Å². The monoisotopic (exact) mass is 312 g/mol. The van der Waals surface area contributed by atoms with E-state index in [2.05, 4.69) is 29.9 Å². The first-order chi connectivity index (χ1) is 11.9. The first kappa shape index (κ1) is 14.1. The Balaban J connectivity index is 1.92. The third kappa shape index (κ3) is 2.85. The Hall–Kier alpha value is -3.54. The summed E-state index contributed by atoms with van der Waals surface area (Å²) < 4.78 is 0. The molecule has 6 nitrogen and oxygen atoms in total. The lowest BCUT2D eigenvalue weighted by molar-refractivity contribution is 1.04. The predicted molar refractivity (Wildman–Crippen MR) is 89.5 cm³/mol. The zero-order valence-corrected chi connectivity index (χ0v) is 12.6. The minimum atomic E-state index is 0.505. The van der Waals surface area contributed by atoms with Crippen LogP contribution in [-0.2, 0) is 0 Å². The van der Waals surface area contributed by atoms with E-state index in [1.807, 2.05) is 48.5 Å². The molecule has 0 atom stereocenters. The molecule has 6 heteroatoms. The first-order valence-electron chi connectivity index (χ1n) is 7.39. The Bertz CT molecular complexity index is 803. The van der Waals surface area contributed by atoms with E-state index in [-0.39, 0.29) is 0 Å². The van der Waals surface area contributed by atoms with Crippen molar-refractivity contribution in [2.24, 2.45) is 0 Å². The summed E-state index contributed by atoms with van der Waals surface area (Å²) in [5, 5.41) is 0. The van der Waals surface area contributed by atoms with E-state index < -0.39 is 0 Å². The van der Waals surface area contributed by atoms with Crippen molar-refractivity contribution in [2.45, 2.75) is 0 Å². The van der Waals surface area contributed by atoms with Crippen molar-refractivity contribution >= 4 is 0 Å². The normalized spacial score (nSPS) is 10.5. The summed E-state index contributed by atoms with van der Waals surface area (Å²) in [4.78, 5) is 26.4. The summed E-state index contributed by atoms with van der Waals surface area (Å²) in [6, 6.07) is 15.0. The standard InChI is InChI=1S/C18H12N6/c1-3-10-20-14(7-1)17-22-16(13-6-5-9-19-12-13)23-18(24-17)15-8-2-4-11-21-15/h1-12H. The highest BCUT2D eigenvalue weighted by Gasteiger charge is 2.13. The fourth-order valence-electron chi connectivity index (χ4n) is 2.22. The molecule has 4 heterocycles. The van der Waals surface area contributed by atoms with Gasteiger partial charge in [0, 0.05) is 30.4 Å². The van der Waals surface area contributed by atoms with Gasteiger partial charge in [-0.1, -0.05) is 12.1 Å². The van der Waals surface area contributed by atoms with Crippen LogP contribution in [-0.4, -0.2) is 29.9 Å². The molecule has 0 unspecified atom stereocenters.